The van der Waals surface area contributed by atoms with Gasteiger partial charge in [-0.3, -0.25) is 4.79 Å². The zero-order valence-corrected chi connectivity index (χ0v) is 17.5. The molecule has 2 saturated heterocycles. The van der Waals surface area contributed by atoms with Gasteiger partial charge in [0.05, 0.1) is 5.54 Å². The van der Waals surface area contributed by atoms with Crippen LogP contribution in [0, 0.1) is 5.92 Å². The number of hydrogen-bond acceptors (Lipinski definition) is 3. The zero-order chi connectivity index (χ0) is 20.1. The molecule has 28 heavy (non-hydrogen) atoms. The van der Waals surface area contributed by atoms with Crippen molar-refractivity contribution in [3.05, 3.63) is 35.4 Å². The van der Waals surface area contributed by atoms with Gasteiger partial charge < -0.3 is 15.0 Å². The van der Waals surface area contributed by atoms with Crippen LogP contribution in [0.5, 0.6) is 0 Å². The summed E-state index contributed by atoms with van der Waals surface area (Å²) in [5.74, 6) is 0.781. The van der Waals surface area contributed by atoms with E-state index in [1.54, 1.807) is 0 Å². The monoisotopic (exact) mass is 384 g/mol. The van der Waals surface area contributed by atoms with Crippen molar-refractivity contribution in [3.63, 3.8) is 0 Å². The first-order chi connectivity index (χ1) is 13.2. The fraction of sp³-hybridized carbons (Fsp3) is 0.652. The third-order valence-electron chi connectivity index (χ3n) is 6.85. The molecule has 3 aliphatic rings. The lowest BCUT2D eigenvalue weighted by molar-refractivity contribution is -0.144. The number of hydrogen-bond donors (Lipinski definition) is 1. The third-order valence-corrected chi connectivity index (χ3v) is 6.85. The van der Waals surface area contributed by atoms with Gasteiger partial charge in [-0.2, -0.15) is 0 Å². The second-order valence-corrected chi connectivity index (χ2v) is 10.1. The summed E-state index contributed by atoms with van der Waals surface area (Å²) in [5, 5.41) is 2.88. The van der Waals surface area contributed by atoms with Crippen molar-refractivity contribution in [2.45, 2.75) is 76.3 Å². The van der Waals surface area contributed by atoms with Gasteiger partial charge in [0, 0.05) is 18.5 Å². The van der Waals surface area contributed by atoms with E-state index in [9.17, 15) is 9.59 Å². The summed E-state index contributed by atoms with van der Waals surface area (Å²) in [6, 6.07) is 9.22. The van der Waals surface area contributed by atoms with E-state index in [0.717, 1.165) is 19.4 Å². The highest BCUT2D eigenvalue weighted by Crippen LogP contribution is 2.43. The molecule has 2 heterocycles. The van der Waals surface area contributed by atoms with Crippen molar-refractivity contribution in [1.29, 1.82) is 0 Å². The average Bonchev–Trinajstić information content (AvgIpc) is 3.01. The average molecular weight is 385 g/mol. The second-order valence-electron chi connectivity index (χ2n) is 10.1. The molecule has 1 aliphatic carbocycles. The predicted octanol–water partition coefficient (Wildman–Crippen LogP) is 3.97. The Labute approximate surface area is 167 Å². The number of likely N-dealkylation sites (tertiary alicyclic amines) is 1. The standard InChI is InChI=1S/C23H32N2O3/c1-15-10-17(16-6-5-7-19(11-16)22(2,3)4)8-9-25(15)20(26)18-12-23(13-18)14-28-21(27)24-23/h5-7,11,15,17-18H,8-10,12-14H2,1-4H3,(H,24,27)/t15-,17+,18?,23?/m0/s1. The topological polar surface area (TPSA) is 58.6 Å². The number of alkyl carbamates (subject to hydrolysis) is 1. The van der Waals surface area contributed by atoms with Crippen LogP contribution in [-0.4, -0.2) is 41.6 Å². The Kier molecular flexibility index (Phi) is 4.67. The van der Waals surface area contributed by atoms with E-state index >= 15 is 0 Å². The molecule has 2 aliphatic heterocycles. The van der Waals surface area contributed by atoms with Crippen LogP contribution in [0.25, 0.3) is 0 Å². The quantitative estimate of drug-likeness (QED) is 0.839. The van der Waals surface area contributed by atoms with E-state index in [-0.39, 0.29) is 34.9 Å². The molecule has 0 unspecified atom stereocenters. The van der Waals surface area contributed by atoms with Gasteiger partial charge in [-0.15, -0.1) is 0 Å². The minimum atomic E-state index is -0.349. The normalized spacial score (nSPS) is 32.6. The highest BCUT2D eigenvalue weighted by molar-refractivity contribution is 5.82. The highest BCUT2D eigenvalue weighted by atomic mass is 16.6. The SMILES string of the molecule is C[C@H]1C[C@H](c2cccc(C(C)(C)C)c2)CCN1C(=O)C1CC2(COC(=O)N2)C1. The first-order valence-corrected chi connectivity index (χ1v) is 10.5. The molecule has 1 aromatic carbocycles. The second kappa shape index (κ2) is 6.78. The van der Waals surface area contributed by atoms with Crippen LogP contribution in [0.2, 0.25) is 0 Å². The summed E-state index contributed by atoms with van der Waals surface area (Å²) < 4.78 is 5.03. The van der Waals surface area contributed by atoms with Gasteiger partial charge in [0.15, 0.2) is 0 Å². The molecular weight excluding hydrogens is 352 g/mol. The largest absolute Gasteiger partial charge is 0.447 e. The van der Waals surface area contributed by atoms with Crippen molar-refractivity contribution >= 4 is 12.0 Å². The number of benzene rings is 1. The summed E-state index contributed by atoms with van der Waals surface area (Å²) in [5.41, 5.74) is 2.64. The first kappa shape index (κ1) is 19.3. The number of carbonyl (C=O) groups is 2. The molecular formula is C23H32N2O3. The van der Waals surface area contributed by atoms with E-state index in [1.165, 1.54) is 11.1 Å². The number of cyclic esters (lactones) is 1. The maximum atomic E-state index is 13.0. The number of nitrogens with zero attached hydrogens (tertiary/aromatic N) is 1. The predicted molar refractivity (Wildman–Crippen MR) is 108 cm³/mol. The van der Waals surface area contributed by atoms with Crippen LogP contribution in [0.4, 0.5) is 4.79 Å². The third kappa shape index (κ3) is 3.51. The molecule has 1 saturated carbocycles. The lowest BCUT2D eigenvalue weighted by Gasteiger charge is -2.46. The molecule has 4 rings (SSSR count). The van der Waals surface area contributed by atoms with E-state index in [0.29, 0.717) is 25.4 Å². The van der Waals surface area contributed by atoms with Gasteiger partial charge in [0.2, 0.25) is 5.91 Å². The molecule has 0 aromatic heterocycles. The molecule has 5 nitrogen and oxygen atoms in total. The number of ether oxygens (including phenoxy) is 1. The van der Waals surface area contributed by atoms with Crippen LogP contribution in [0.1, 0.15) is 70.4 Å². The number of rotatable bonds is 2. The van der Waals surface area contributed by atoms with Crippen LogP contribution in [0.15, 0.2) is 24.3 Å². The fourth-order valence-corrected chi connectivity index (χ4v) is 5.07. The van der Waals surface area contributed by atoms with Crippen molar-refractivity contribution in [2.24, 2.45) is 5.92 Å². The Balaban J connectivity index is 1.37. The van der Waals surface area contributed by atoms with Gasteiger partial charge >= 0.3 is 6.09 Å². The summed E-state index contributed by atoms with van der Waals surface area (Å²) in [4.78, 5) is 26.4. The van der Waals surface area contributed by atoms with Crippen molar-refractivity contribution in [3.8, 4) is 0 Å². The molecule has 1 N–H and O–H groups in total. The minimum absolute atomic E-state index is 0.0187. The summed E-state index contributed by atoms with van der Waals surface area (Å²) >= 11 is 0. The Hall–Kier alpha value is -2.04. The van der Waals surface area contributed by atoms with Crippen LogP contribution in [-0.2, 0) is 14.9 Å². The van der Waals surface area contributed by atoms with E-state index in [4.69, 9.17) is 4.74 Å². The summed E-state index contributed by atoms with van der Waals surface area (Å²) in [7, 11) is 0. The van der Waals surface area contributed by atoms with Crippen molar-refractivity contribution in [2.75, 3.05) is 13.2 Å². The Bertz CT molecular complexity index is 776. The zero-order valence-electron chi connectivity index (χ0n) is 17.5. The Morgan fingerprint density at radius 2 is 2.04 bits per heavy atom. The van der Waals surface area contributed by atoms with Gasteiger partial charge in [-0.05, 0) is 55.1 Å². The van der Waals surface area contributed by atoms with Crippen molar-refractivity contribution < 1.29 is 14.3 Å². The molecule has 0 bridgehead atoms. The first-order valence-electron chi connectivity index (χ1n) is 10.5. The number of piperidine rings is 1. The molecule has 152 valence electrons. The maximum Gasteiger partial charge on any atom is 0.407 e. The van der Waals surface area contributed by atoms with Crippen LogP contribution in [0.3, 0.4) is 0 Å². The van der Waals surface area contributed by atoms with E-state index in [1.807, 2.05) is 0 Å². The molecule has 2 amide bonds. The molecule has 1 spiro atoms. The highest BCUT2D eigenvalue weighted by Gasteiger charge is 2.53. The lowest BCUT2D eigenvalue weighted by Crippen LogP contribution is -2.59. The molecule has 2 atom stereocenters. The van der Waals surface area contributed by atoms with Crippen LogP contribution >= 0.6 is 0 Å². The minimum Gasteiger partial charge on any atom is -0.447 e. The Morgan fingerprint density at radius 1 is 1.29 bits per heavy atom. The maximum absolute atomic E-state index is 13.0. The smallest absolute Gasteiger partial charge is 0.407 e. The van der Waals surface area contributed by atoms with Gasteiger partial charge in [0.25, 0.3) is 0 Å². The van der Waals surface area contributed by atoms with Gasteiger partial charge in [-0.25, -0.2) is 4.79 Å². The van der Waals surface area contributed by atoms with E-state index < -0.39 is 0 Å². The van der Waals surface area contributed by atoms with Gasteiger partial charge in [-0.1, -0.05) is 45.0 Å². The molecule has 0 radical (unpaired) electrons. The van der Waals surface area contributed by atoms with Crippen molar-refractivity contribution in [1.82, 2.24) is 10.2 Å². The Morgan fingerprint density at radius 3 is 2.64 bits per heavy atom. The van der Waals surface area contributed by atoms with Gasteiger partial charge in [0.1, 0.15) is 6.61 Å². The molecule has 5 heteroatoms. The number of amides is 2. The fourth-order valence-electron chi connectivity index (χ4n) is 5.07. The summed E-state index contributed by atoms with van der Waals surface area (Å²) in [6.45, 7) is 10.1. The molecule has 3 fully saturated rings. The van der Waals surface area contributed by atoms with E-state index in [2.05, 4.69) is 62.2 Å². The van der Waals surface area contributed by atoms with Crippen LogP contribution < -0.4 is 5.32 Å². The molecule has 1 aromatic rings. The summed E-state index contributed by atoms with van der Waals surface area (Å²) in [6.07, 6.45) is 3.09. The number of carbonyl (C=O) groups excluding carboxylic acids is 2. The number of nitrogens with one attached hydrogen (secondary N) is 1. The lowest BCUT2D eigenvalue weighted by atomic mass is 9.68.